The van der Waals surface area contributed by atoms with E-state index in [0.29, 0.717) is 6.20 Å². The number of nitrogens with zero attached hydrogens (tertiary/aromatic N) is 2. The molecule has 1 heterocycles. The Kier molecular flexibility index (Phi) is 8.78. The zero-order chi connectivity index (χ0) is 36.0. The maximum Gasteiger partial charge on any atom is 0.469 e. The SMILES string of the molecule is C=Cn1cc[n+](C(F)(F)C(F)(F)C(F)(F)C(F)(F)C(F)(F)C(F)(F)C(F)(F)C(F)(F)C(F)(F)C(F)(F)C(F)(F)C(F)(F)F)c1. The first-order valence-electron chi connectivity index (χ1n) is 9.73. The van der Waals surface area contributed by atoms with Crippen molar-refractivity contribution >= 4 is 6.20 Å². The van der Waals surface area contributed by atoms with E-state index in [1.54, 1.807) is 0 Å². The second kappa shape index (κ2) is 9.85. The fourth-order valence-electron chi connectivity index (χ4n) is 2.75. The first-order chi connectivity index (χ1) is 18.8. The van der Waals surface area contributed by atoms with Crippen molar-refractivity contribution in [1.29, 1.82) is 0 Å². The highest BCUT2D eigenvalue weighted by atomic mass is 19.4. The second-order valence-corrected chi connectivity index (χ2v) is 8.23. The summed E-state index contributed by atoms with van der Waals surface area (Å²) in [4.78, 5) is 0. The van der Waals surface area contributed by atoms with Crippen molar-refractivity contribution in [2.24, 2.45) is 0 Å². The fraction of sp³-hybridized carbons (Fsp3) is 0.706. The van der Waals surface area contributed by atoms with E-state index in [2.05, 4.69) is 6.58 Å². The van der Waals surface area contributed by atoms with Gasteiger partial charge in [-0.2, -0.15) is 114 Å². The molecule has 0 spiro atoms. The van der Waals surface area contributed by atoms with Crippen LogP contribution in [0.15, 0.2) is 25.3 Å². The number of halogens is 25. The molecule has 0 atom stereocenters. The molecule has 2 nitrogen and oxygen atoms in total. The molecule has 44 heavy (non-hydrogen) atoms. The molecule has 27 heteroatoms. The number of rotatable bonds is 12. The molecule has 1 aromatic rings. The van der Waals surface area contributed by atoms with Crippen LogP contribution in [0.5, 0.6) is 0 Å². The minimum Gasteiger partial charge on any atom is -0.210 e. The summed E-state index contributed by atoms with van der Waals surface area (Å²) in [5.41, 5.74) is 0. The van der Waals surface area contributed by atoms with Gasteiger partial charge in [-0.25, -0.2) is 4.57 Å². The Morgan fingerprint density at radius 1 is 0.409 bits per heavy atom. The molecule has 0 saturated carbocycles. The van der Waals surface area contributed by atoms with Gasteiger partial charge < -0.3 is 0 Å². The highest BCUT2D eigenvalue weighted by Crippen LogP contribution is 2.67. The van der Waals surface area contributed by atoms with Gasteiger partial charge in [0.25, 0.3) is 6.33 Å². The molecular weight excluding hydrogens is 707 g/mol. The number of alkyl halides is 25. The number of hydrogen-bond donors (Lipinski definition) is 0. The van der Waals surface area contributed by atoms with E-state index in [1.165, 1.54) is 0 Å². The lowest BCUT2D eigenvalue weighted by Crippen LogP contribution is -2.79. The smallest absolute Gasteiger partial charge is 0.210 e. The van der Waals surface area contributed by atoms with Crippen LogP contribution in [0.1, 0.15) is 0 Å². The molecule has 0 aliphatic carbocycles. The van der Waals surface area contributed by atoms with Crippen LogP contribution in [-0.2, 0) is 6.05 Å². The summed E-state index contributed by atoms with van der Waals surface area (Å²) in [6, 6.07) is -7.02. The predicted molar refractivity (Wildman–Crippen MR) is 86.7 cm³/mol. The van der Waals surface area contributed by atoms with Crippen molar-refractivity contribution in [1.82, 2.24) is 4.57 Å². The van der Waals surface area contributed by atoms with Crippen molar-refractivity contribution in [2.45, 2.75) is 71.4 Å². The van der Waals surface area contributed by atoms with Crippen LogP contribution >= 0.6 is 0 Å². The number of aromatic nitrogens is 2. The molecule has 0 unspecified atom stereocenters. The fourth-order valence-corrected chi connectivity index (χ4v) is 2.75. The van der Waals surface area contributed by atoms with Gasteiger partial charge in [0, 0.05) is 0 Å². The Hall–Kier alpha value is -2.80. The number of hydrogen-bond acceptors (Lipinski definition) is 0. The average Bonchev–Trinajstić information content (AvgIpc) is 3.32. The van der Waals surface area contributed by atoms with Crippen LogP contribution in [-0.4, -0.2) is 70.0 Å². The molecule has 0 radical (unpaired) electrons. The molecule has 0 bridgehead atoms. The normalized spacial score (nSPS) is 16.4. The topological polar surface area (TPSA) is 8.81 Å². The van der Waals surface area contributed by atoms with Crippen molar-refractivity contribution in [3.05, 3.63) is 25.3 Å². The van der Waals surface area contributed by atoms with E-state index >= 15 is 0 Å². The summed E-state index contributed by atoms with van der Waals surface area (Å²) < 4.78 is 335. The average molecular weight is 713 g/mol. The molecule has 0 saturated heterocycles. The van der Waals surface area contributed by atoms with Crippen molar-refractivity contribution in [3.63, 3.8) is 0 Å². The number of imidazole rings is 1. The zero-order valence-corrected chi connectivity index (χ0v) is 19.4. The molecule has 1 aromatic heterocycles. The summed E-state index contributed by atoms with van der Waals surface area (Å²) in [7, 11) is 0. The highest BCUT2D eigenvalue weighted by molar-refractivity contribution is 5.19. The van der Waals surface area contributed by atoms with Gasteiger partial charge >= 0.3 is 71.4 Å². The largest absolute Gasteiger partial charge is 0.469 e. The molecule has 0 N–H and O–H groups in total. The van der Waals surface area contributed by atoms with Crippen molar-refractivity contribution < 1.29 is 114 Å². The van der Waals surface area contributed by atoms with Crippen LogP contribution in [0.25, 0.3) is 6.20 Å². The summed E-state index contributed by atoms with van der Waals surface area (Å²) in [6.45, 7) is 2.77. The molecule has 0 aliphatic heterocycles. The Bertz CT molecular complexity index is 1220. The lowest BCUT2D eigenvalue weighted by atomic mass is 9.85. The molecule has 0 aliphatic rings. The van der Waals surface area contributed by atoms with Crippen LogP contribution in [0, 0.1) is 0 Å². The molecular formula is C17H6F25N2+. The summed E-state index contributed by atoms with van der Waals surface area (Å²) >= 11 is 0. The van der Waals surface area contributed by atoms with E-state index in [4.69, 9.17) is 0 Å². The third kappa shape index (κ3) is 4.46. The van der Waals surface area contributed by atoms with Gasteiger partial charge in [0.2, 0.25) is 0 Å². The molecule has 0 amide bonds. The maximum atomic E-state index is 14.0. The van der Waals surface area contributed by atoms with Gasteiger partial charge in [0.15, 0.2) is 0 Å². The Morgan fingerprint density at radius 3 is 0.886 bits per heavy atom. The van der Waals surface area contributed by atoms with Gasteiger partial charge in [-0.3, -0.25) is 0 Å². The third-order valence-corrected chi connectivity index (χ3v) is 5.48. The Morgan fingerprint density at radius 2 is 0.659 bits per heavy atom. The van der Waals surface area contributed by atoms with Gasteiger partial charge in [-0.1, -0.05) is 6.58 Å². The molecule has 0 aromatic carbocycles. The van der Waals surface area contributed by atoms with Crippen LogP contribution in [0.2, 0.25) is 0 Å². The lowest BCUT2D eigenvalue weighted by Gasteiger charge is -2.45. The zero-order valence-electron chi connectivity index (χ0n) is 19.4. The van der Waals surface area contributed by atoms with Crippen molar-refractivity contribution in [2.75, 3.05) is 0 Å². The Balaban J connectivity index is 3.91. The van der Waals surface area contributed by atoms with Crippen LogP contribution in [0.4, 0.5) is 110 Å². The van der Waals surface area contributed by atoms with E-state index < -0.39 is 88.5 Å². The third-order valence-electron chi connectivity index (χ3n) is 5.48. The minimum absolute atomic E-state index is 0.101. The quantitative estimate of drug-likeness (QED) is 0.152. The van der Waals surface area contributed by atoms with Gasteiger partial charge in [-0.05, 0) is 0 Å². The van der Waals surface area contributed by atoms with Crippen LogP contribution < -0.4 is 4.57 Å². The van der Waals surface area contributed by atoms with E-state index in [9.17, 15) is 110 Å². The van der Waals surface area contributed by atoms with E-state index in [1.807, 2.05) is 0 Å². The second-order valence-electron chi connectivity index (χ2n) is 8.23. The van der Waals surface area contributed by atoms with Gasteiger partial charge in [0.1, 0.15) is 12.4 Å². The summed E-state index contributed by atoms with van der Waals surface area (Å²) in [5, 5.41) is 0. The predicted octanol–water partition coefficient (Wildman–Crippen LogP) is 8.34. The monoisotopic (exact) mass is 713 g/mol. The summed E-state index contributed by atoms with van der Waals surface area (Å²) in [6.07, 6.45) is -8.59. The Labute approximate surface area is 223 Å². The van der Waals surface area contributed by atoms with E-state index in [0.717, 1.165) is 0 Å². The standard InChI is InChI=1S/C17H6F25N2/c1-2-43-3-4-44(5-43)17(41,42)15(36,37)13(32,33)11(28,29)9(24,25)7(20,21)6(18,19)8(22,23)10(26,27)12(30,31)14(34,35)16(38,39)40/h2-5H,1H2/q+1. The first-order valence-corrected chi connectivity index (χ1v) is 9.73. The maximum absolute atomic E-state index is 14.0. The van der Waals surface area contributed by atoms with Crippen LogP contribution in [0.3, 0.4) is 0 Å². The molecule has 0 fully saturated rings. The molecule has 258 valence electrons. The van der Waals surface area contributed by atoms with E-state index in [-0.39, 0.29) is 10.8 Å². The van der Waals surface area contributed by atoms with Gasteiger partial charge in [0.05, 0.1) is 6.20 Å². The molecule has 1 rings (SSSR count). The van der Waals surface area contributed by atoms with Crippen molar-refractivity contribution in [3.8, 4) is 0 Å². The lowest BCUT2D eigenvalue weighted by molar-refractivity contribution is -0.849. The summed E-state index contributed by atoms with van der Waals surface area (Å²) in [5.74, 6) is -91.7. The first kappa shape index (κ1) is 39.2. The van der Waals surface area contributed by atoms with Gasteiger partial charge in [-0.15, -0.1) is 0 Å². The minimum atomic E-state index is -9.61. The highest BCUT2D eigenvalue weighted by Gasteiger charge is 3.00.